The van der Waals surface area contributed by atoms with Crippen molar-refractivity contribution in [3.8, 4) is 11.8 Å². The molecule has 0 heterocycles. The maximum absolute atomic E-state index is 13.2. The highest BCUT2D eigenvalue weighted by Crippen LogP contribution is 2.32. The summed E-state index contributed by atoms with van der Waals surface area (Å²) in [6.45, 7) is 3.95. The lowest BCUT2D eigenvalue weighted by Crippen LogP contribution is -2.15. The van der Waals surface area contributed by atoms with Crippen LogP contribution in [0, 0.1) is 23.1 Å². The minimum Gasteiger partial charge on any atom is -0.505 e. The van der Waals surface area contributed by atoms with E-state index in [-0.39, 0.29) is 23.5 Å². The van der Waals surface area contributed by atoms with Gasteiger partial charge in [0.25, 0.3) is 0 Å². The Morgan fingerprint density at radius 2 is 2.06 bits per heavy atom. The van der Waals surface area contributed by atoms with Gasteiger partial charge in [0, 0.05) is 11.6 Å². The fourth-order valence-electron chi connectivity index (χ4n) is 1.68. The Balaban J connectivity index is 0.00000256. The standard InChI is InChI=1S/C12H15FN2O.ClH/c1-7(2)5-10(15)11-8(6-14)3-4-9(13)12(11)16;/h3-4,7,10,16H,5,15H2,1-2H3;1H/t10-;/m1./s1. The van der Waals surface area contributed by atoms with Crippen LogP contribution < -0.4 is 5.73 Å². The van der Waals surface area contributed by atoms with Crippen LogP contribution in [0.2, 0.25) is 0 Å². The van der Waals surface area contributed by atoms with E-state index >= 15 is 0 Å². The lowest BCUT2D eigenvalue weighted by atomic mass is 9.93. The van der Waals surface area contributed by atoms with Gasteiger partial charge in [-0.2, -0.15) is 5.26 Å². The molecule has 0 saturated carbocycles. The third-order valence-corrected chi connectivity index (χ3v) is 2.38. The summed E-state index contributed by atoms with van der Waals surface area (Å²) in [5.41, 5.74) is 6.30. The Morgan fingerprint density at radius 1 is 1.47 bits per heavy atom. The SMILES string of the molecule is CC(C)C[C@@H](N)c1c(C#N)ccc(F)c1O.Cl. The molecule has 0 unspecified atom stereocenters. The normalized spacial score (nSPS) is 11.8. The highest BCUT2D eigenvalue weighted by atomic mass is 35.5. The van der Waals surface area contributed by atoms with E-state index in [1.807, 2.05) is 19.9 Å². The summed E-state index contributed by atoms with van der Waals surface area (Å²) < 4.78 is 13.2. The maximum Gasteiger partial charge on any atom is 0.165 e. The van der Waals surface area contributed by atoms with Gasteiger partial charge in [-0.05, 0) is 24.5 Å². The molecule has 3 N–H and O–H groups in total. The number of phenols is 1. The molecule has 0 radical (unpaired) electrons. The van der Waals surface area contributed by atoms with Crippen molar-refractivity contribution in [3.63, 3.8) is 0 Å². The van der Waals surface area contributed by atoms with Gasteiger partial charge < -0.3 is 10.8 Å². The fraction of sp³-hybridized carbons (Fsp3) is 0.417. The number of hydrogen-bond donors (Lipinski definition) is 2. The van der Waals surface area contributed by atoms with Crippen LogP contribution in [0.25, 0.3) is 0 Å². The molecule has 3 nitrogen and oxygen atoms in total. The van der Waals surface area contributed by atoms with Crippen molar-refractivity contribution in [1.29, 1.82) is 5.26 Å². The number of halogens is 2. The number of nitrogens with two attached hydrogens (primary N) is 1. The zero-order valence-corrected chi connectivity index (χ0v) is 10.6. The first-order valence-electron chi connectivity index (χ1n) is 5.14. The Labute approximate surface area is 106 Å². The van der Waals surface area contributed by atoms with E-state index in [1.165, 1.54) is 6.07 Å². The van der Waals surface area contributed by atoms with Crippen LogP contribution in [0.5, 0.6) is 5.75 Å². The molecule has 0 amide bonds. The molecular weight excluding hydrogens is 243 g/mol. The molecule has 1 rings (SSSR count). The molecule has 5 heteroatoms. The van der Waals surface area contributed by atoms with Crippen molar-refractivity contribution in [2.75, 3.05) is 0 Å². The van der Waals surface area contributed by atoms with Crippen molar-refractivity contribution in [2.45, 2.75) is 26.3 Å². The van der Waals surface area contributed by atoms with Gasteiger partial charge in [-0.15, -0.1) is 12.4 Å². The zero-order chi connectivity index (χ0) is 12.3. The van der Waals surface area contributed by atoms with Crippen molar-refractivity contribution in [2.24, 2.45) is 11.7 Å². The van der Waals surface area contributed by atoms with Crippen molar-refractivity contribution >= 4 is 12.4 Å². The summed E-state index contributed by atoms with van der Waals surface area (Å²) in [5.74, 6) is -0.940. The summed E-state index contributed by atoms with van der Waals surface area (Å²) in [7, 11) is 0. The molecule has 0 bridgehead atoms. The molecule has 0 aliphatic heterocycles. The van der Waals surface area contributed by atoms with Crippen molar-refractivity contribution < 1.29 is 9.50 Å². The first-order chi connectivity index (χ1) is 7.47. The lowest BCUT2D eigenvalue weighted by Gasteiger charge is -2.17. The van der Waals surface area contributed by atoms with Crippen LogP contribution in [-0.4, -0.2) is 5.11 Å². The van der Waals surface area contributed by atoms with E-state index < -0.39 is 17.6 Å². The van der Waals surface area contributed by atoms with Gasteiger partial charge in [-0.3, -0.25) is 0 Å². The number of nitrogens with zero attached hydrogens (tertiary/aromatic N) is 1. The molecule has 0 saturated heterocycles. The van der Waals surface area contributed by atoms with Gasteiger partial charge in [-0.1, -0.05) is 13.8 Å². The summed E-state index contributed by atoms with van der Waals surface area (Å²) in [6.07, 6.45) is 0.589. The first-order valence-corrected chi connectivity index (χ1v) is 5.14. The Kier molecular flexibility index (Phi) is 5.94. The first kappa shape index (κ1) is 15.7. The predicted octanol–water partition coefficient (Wildman–Crippen LogP) is 2.87. The molecular formula is C12H16ClFN2O. The summed E-state index contributed by atoms with van der Waals surface area (Å²) in [4.78, 5) is 0. The Morgan fingerprint density at radius 3 is 2.53 bits per heavy atom. The Hall–Kier alpha value is -1.31. The number of nitriles is 1. The van der Waals surface area contributed by atoms with E-state index in [1.54, 1.807) is 0 Å². The van der Waals surface area contributed by atoms with Crippen LogP contribution in [0.15, 0.2) is 12.1 Å². The van der Waals surface area contributed by atoms with E-state index in [9.17, 15) is 9.50 Å². The molecule has 0 aliphatic carbocycles. The van der Waals surface area contributed by atoms with Gasteiger partial charge in [0.05, 0.1) is 11.6 Å². The van der Waals surface area contributed by atoms with Gasteiger partial charge in [0.1, 0.15) is 0 Å². The second kappa shape index (κ2) is 6.43. The molecule has 1 aromatic carbocycles. The summed E-state index contributed by atoms with van der Waals surface area (Å²) >= 11 is 0. The van der Waals surface area contributed by atoms with E-state index in [4.69, 9.17) is 11.0 Å². The minimum absolute atomic E-state index is 0. The van der Waals surface area contributed by atoms with E-state index in [0.717, 1.165) is 6.07 Å². The second-order valence-electron chi connectivity index (χ2n) is 4.21. The third-order valence-electron chi connectivity index (χ3n) is 2.38. The summed E-state index contributed by atoms with van der Waals surface area (Å²) in [5, 5.41) is 18.5. The maximum atomic E-state index is 13.2. The third kappa shape index (κ3) is 3.58. The Bertz CT molecular complexity index is 429. The van der Waals surface area contributed by atoms with Crippen molar-refractivity contribution in [3.05, 3.63) is 29.1 Å². The highest BCUT2D eigenvalue weighted by molar-refractivity contribution is 5.85. The average Bonchev–Trinajstić information content (AvgIpc) is 2.20. The van der Waals surface area contributed by atoms with Crippen LogP contribution in [0.3, 0.4) is 0 Å². The van der Waals surface area contributed by atoms with Crippen LogP contribution in [0.1, 0.15) is 37.4 Å². The lowest BCUT2D eigenvalue weighted by molar-refractivity contribution is 0.411. The fourth-order valence-corrected chi connectivity index (χ4v) is 1.68. The quantitative estimate of drug-likeness (QED) is 0.876. The predicted molar refractivity (Wildman–Crippen MR) is 66.4 cm³/mol. The number of rotatable bonds is 3. The van der Waals surface area contributed by atoms with E-state index in [2.05, 4.69) is 0 Å². The monoisotopic (exact) mass is 258 g/mol. The molecule has 17 heavy (non-hydrogen) atoms. The van der Waals surface area contributed by atoms with Crippen LogP contribution in [-0.2, 0) is 0 Å². The zero-order valence-electron chi connectivity index (χ0n) is 9.77. The molecule has 0 fully saturated rings. The van der Waals surface area contributed by atoms with Crippen LogP contribution >= 0.6 is 12.4 Å². The molecule has 1 atom stereocenters. The summed E-state index contributed by atoms with van der Waals surface area (Å²) in [6, 6.07) is 3.80. The minimum atomic E-state index is -0.742. The number of aromatic hydroxyl groups is 1. The number of benzene rings is 1. The molecule has 0 aliphatic rings. The number of phenolic OH excluding ortho intramolecular Hbond substituents is 1. The second-order valence-corrected chi connectivity index (χ2v) is 4.21. The largest absolute Gasteiger partial charge is 0.505 e. The van der Waals surface area contributed by atoms with Gasteiger partial charge in [0.2, 0.25) is 0 Å². The molecule has 0 aromatic heterocycles. The van der Waals surface area contributed by atoms with Crippen LogP contribution in [0.4, 0.5) is 4.39 Å². The van der Waals surface area contributed by atoms with Crippen molar-refractivity contribution in [1.82, 2.24) is 0 Å². The highest BCUT2D eigenvalue weighted by Gasteiger charge is 2.19. The van der Waals surface area contributed by atoms with Gasteiger partial charge >= 0.3 is 0 Å². The van der Waals surface area contributed by atoms with E-state index in [0.29, 0.717) is 12.3 Å². The average molecular weight is 259 g/mol. The molecule has 1 aromatic rings. The smallest absolute Gasteiger partial charge is 0.165 e. The van der Waals surface area contributed by atoms with Gasteiger partial charge in [-0.25, -0.2) is 4.39 Å². The van der Waals surface area contributed by atoms with Gasteiger partial charge in [0.15, 0.2) is 11.6 Å². The molecule has 94 valence electrons. The number of hydrogen-bond acceptors (Lipinski definition) is 3. The topological polar surface area (TPSA) is 70.0 Å². The molecule has 0 spiro atoms.